The van der Waals surface area contributed by atoms with Gasteiger partial charge in [0.15, 0.2) is 0 Å². The Labute approximate surface area is 102 Å². The SMILES string of the molecule is CCc1cc(N2CCN(C)CC2)ncc1Cl. The van der Waals surface area contributed by atoms with Gasteiger partial charge in [-0.1, -0.05) is 18.5 Å². The number of likely N-dealkylation sites (N-methyl/N-ethyl adjacent to an activating group) is 1. The standard InChI is InChI=1S/C12H18ClN3/c1-3-10-8-12(14-9-11(10)13)16-6-4-15(2)5-7-16/h8-9H,3-7H2,1-2H3. The summed E-state index contributed by atoms with van der Waals surface area (Å²) in [5.74, 6) is 1.06. The molecule has 4 heteroatoms. The van der Waals surface area contributed by atoms with Crippen LogP contribution in [-0.2, 0) is 6.42 Å². The Morgan fingerprint density at radius 1 is 1.31 bits per heavy atom. The van der Waals surface area contributed by atoms with Gasteiger partial charge in [-0.15, -0.1) is 0 Å². The van der Waals surface area contributed by atoms with Gasteiger partial charge in [-0.3, -0.25) is 0 Å². The first-order valence-corrected chi connectivity index (χ1v) is 6.16. The van der Waals surface area contributed by atoms with Gasteiger partial charge in [0.2, 0.25) is 0 Å². The molecule has 3 nitrogen and oxygen atoms in total. The molecule has 0 N–H and O–H groups in total. The lowest BCUT2D eigenvalue weighted by Gasteiger charge is -2.33. The van der Waals surface area contributed by atoms with Gasteiger partial charge in [0, 0.05) is 32.4 Å². The van der Waals surface area contributed by atoms with Crippen LogP contribution in [0.1, 0.15) is 12.5 Å². The number of piperazine rings is 1. The van der Waals surface area contributed by atoms with E-state index in [1.54, 1.807) is 6.20 Å². The second kappa shape index (κ2) is 5.02. The minimum atomic E-state index is 0.778. The lowest BCUT2D eigenvalue weighted by atomic mass is 10.2. The van der Waals surface area contributed by atoms with Gasteiger partial charge in [0.25, 0.3) is 0 Å². The van der Waals surface area contributed by atoms with Crippen molar-refractivity contribution in [3.05, 3.63) is 22.8 Å². The van der Waals surface area contributed by atoms with E-state index in [1.165, 1.54) is 5.56 Å². The van der Waals surface area contributed by atoms with Crippen molar-refractivity contribution >= 4 is 17.4 Å². The molecule has 88 valence electrons. The third kappa shape index (κ3) is 2.47. The average Bonchev–Trinajstić information content (AvgIpc) is 2.31. The third-order valence-corrected chi connectivity index (χ3v) is 3.47. The first kappa shape index (κ1) is 11.7. The second-order valence-corrected chi connectivity index (χ2v) is 4.68. The van der Waals surface area contributed by atoms with Crippen LogP contribution >= 0.6 is 11.6 Å². The maximum absolute atomic E-state index is 6.07. The van der Waals surface area contributed by atoms with Crippen molar-refractivity contribution < 1.29 is 0 Å². The number of aromatic nitrogens is 1. The van der Waals surface area contributed by atoms with Crippen molar-refractivity contribution in [2.45, 2.75) is 13.3 Å². The number of pyridine rings is 1. The summed E-state index contributed by atoms with van der Waals surface area (Å²) < 4.78 is 0. The van der Waals surface area contributed by atoms with E-state index >= 15 is 0 Å². The molecule has 2 rings (SSSR count). The maximum Gasteiger partial charge on any atom is 0.128 e. The van der Waals surface area contributed by atoms with Gasteiger partial charge < -0.3 is 9.80 Å². The largest absolute Gasteiger partial charge is 0.354 e. The van der Waals surface area contributed by atoms with E-state index in [-0.39, 0.29) is 0 Å². The lowest BCUT2D eigenvalue weighted by Crippen LogP contribution is -2.44. The smallest absolute Gasteiger partial charge is 0.128 e. The third-order valence-electron chi connectivity index (χ3n) is 3.13. The molecule has 0 bridgehead atoms. The molecule has 0 atom stereocenters. The van der Waals surface area contributed by atoms with E-state index in [2.05, 4.69) is 34.8 Å². The van der Waals surface area contributed by atoms with Crippen LogP contribution in [0, 0.1) is 0 Å². The van der Waals surface area contributed by atoms with Crippen molar-refractivity contribution in [1.82, 2.24) is 9.88 Å². The summed E-state index contributed by atoms with van der Waals surface area (Å²) in [6.07, 6.45) is 2.73. The average molecular weight is 240 g/mol. The zero-order chi connectivity index (χ0) is 11.5. The quantitative estimate of drug-likeness (QED) is 0.788. The first-order chi connectivity index (χ1) is 7.70. The van der Waals surface area contributed by atoms with Gasteiger partial charge in [-0.05, 0) is 25.1 Å². The molecule has 0 unspecified atom stereocenters. The van der Waals surface area contributed by atoms with Crippen molar-refractivity contribution in [2.75, 3.05) is 38.1 Å². The van der Waals surface area contributed by atoms with Crippen LogP contribution in [0.2, 0.25) is 5.02 Å². The molecule has 1 fully saturated rings. The number of hydrogen-bond donors (Lipinski definition) is 0. The van der Waals surface area contributed by atoms with E-state index in [0.29, 0.717) is 0 Å². The normalized spacial score (nSPS) is 17.8. The maximum atomic E-state index is 6.07. The molecular formula is C12H18ClN3. The predicted molar refractivity (Wildman–Crippen MR) is 68.3 cm³/mol. The zero-order valence-electron chi connectivity index (χ0n) is 9.91. The van der Waals surface area contributed by atoms with Crippen LogP contribution < -0.4 is 4.90 Å². The molecular weight excluding hydrogens is 222 g/mol. The Hall–Kier alpha value is -0.800. The fourth-order valence-corrected chi connectivity index (χ4v) is 2.18. The van der Waals surface area contributed by atoms with E-state index in [9.17, 15) is 0 Å². The summed E-state index contributed by atoms with van der Waals surface area (Å²) in [7, 11) is 2.16. The molecule has 0 spiro atoms. The highest BCUT2D eigenvalue weighted by atomic mass is 35.5. The van der Waals surface area contributed by atoms with Gasteiger partial charge in [-0.25, -0.2) is 4.98 Å². The summed E-state index contributed by atoms with van der Waals surface area (Å²) >= 11 is 6.07. The van der Waals surface area contributed by atoms with Gasteiger partial charge in [0.1, 0.15) is 5.82 Å². The van der Waals surface area contributed by atoms with E-state index in [4.69, 9.17) is 11.6 Å². The fraction of sp³-hybridized carbons (Fsp3) is 0.583. The Balaban J connectivity index is 2.14. The fourth-order valence-electron chi connectivity index (χ4n) is 1.95. The summed E-state index contributed by atoms with van der Waals surface area (Å²) in [4.78, 5) is 9.08. The van der Waals surface area contributed by atoms with Crippen LogP contribution in [0.4, 0.5) is 5.82 Å². The number of anilines is 1. The molecule has 0 amide bonds. The monoisotopic (exact) mass is 239 g/mol. The molecule has 0 radical (unpaired) electrons. The number of halogens is 1. The lowest BCUT2D eigenvalue weighted by molar-refractivity contribution is 0.312. The van der Waals surface area contributed by atoms with E-state index in [1.807, 2.05) is 0 Å². The van der Waals surface area contributed by atoms with E-state index in [0.717, 1.165) is 43.4 Å². The minimum Gasteiger partial charge on any atom is -0.354 e. The van der Waals surface area contributed by atoms with Gasteiger partial charge >= 0.3 is 0 Å². The molecule has 2 heterocycles. The molecule has 0 saturated carbocycles. The highest BCUT2D eigenvalue weighted by Gasteiger charge is 2.15. The van der Waals surface area contributed by atoms with Crippen molar-refractivity contribution in [3.8, 4) is 0 Å². The summed E-state index contributed by atoms with van der Waals surface area (Å²) in [5, 5.41) is 0.778. The van der Waals surface area contributed by atoms with Crippen molar-refractivity contribution in [1.29, 1.82) is 0 Å². The second-order valence-electron chi connectivity index (χ2n) is 4.28. The minimum absolute atomic E-state index is 0.778. The highest BCUT2D eigenvalue weighted by Crippen LogP contribution is 2.21. The zero-order valence-corrected chi connectivity index (χ0v) is 10.7. The number of aryl methyl sites for hydroxylation is 1. The van der Waals surface area contributed by atoms with E-state index < -0.39 is 0 Å². The molecule has 1 aromatic heterocycles. The Morgan fingerprint density at radius 3 is 2.62 bits per heavy atom. The molecule has 16 heavy (non-hydrogen) atoms. The summed E-state index contributed by atoms with van der Waals surface area (Å²) in [5.41, 5.74) is 1.19. The predicted octanol–water partition coefficient (Wildman–Crippen LogP) is 2.05. The molecule has 1 aliphatic rings. The number of nitrogens with zero attached hydrogens (tertiary/aromatic N) is 3. The Kier molecular flexibility index (Phi) is 3.66. The Bertz CT molecular complexity index is 359. The Morgan fingerprint density at radius 2 is 2.00 bits per heavy atom. The highest BCUT2D eigenvalue weighted by molar-refractivity contribution is 6.31. The van der Waals surface area contributed by atoms with Crippen molar-refractivity contribution in [2.24, 2.45) is 0 Å². The first-order valence-electron chi connectivity index (χ1n) is 5.78. The summed E-state index contributed by atoms with van der Waals surface area (Å²) in [6.45, 7) is 6.43. The summed E-state index contributed by atoms with van der Waals surface area (Å²) in [6, 6.07) is 2.12. The van der Waals surface area contributed by atoms with Crippen molar-refractivity contribution in [3.63, 3.8) is 0 Å². The molecule has 1 aliphatic heterocycles. The number of rotatable bonds is 2. The molecule has 1 aromatic rings. The van der Waals surface area contributed by atoms with Gasteiger partial charge in [-0.2, -0.15) is 0 Å². The number of hydrogen-bond acceptors (Lipinski definition) is 3. The van der Waals surface area contributed by atoms with Crippen LogP contribution in [-0.4, -0.2) is 43.1 Å². The van der Waals surface area contributed by atoms with Crippen LogP contribution in [0.15, 0.2) is 12.3 Å². The van der Waals surface area contributed by atoms with Crippen LogP contribution in [0.25, 0.3) is 0 Å². The van der Waals surface area contributed by atoms with Crippen LogP contribution in [0.3, 0.4) is 0 Å². The molecule has 1 saturated heterocycles. The molecule has 0 aliphatic carbocycles. The van der Waals surface area contributed by atoms with Crippen LogP contribution in [0.5, 0.6) is 0 Å². The topological polar surface area (TPSA) is 19.4 Å². The van der Waals surface area contributed by atoms with Gasteiger partial charge in [0.05, 0.1) is 5.02 Å². The molecule has 0 aromatic carbocycles.